The van der Waals surface area contributed by atoms with Gasteiger partial charge < -0.3 is 25.6 Å². The van der Waals surface area contributed by atoms with E-state index in [4.69, 9.17) is 15.2 Å². The molecule has 1 unspecified atom stereocenters. The number of benzene rings is 1. The van der Waals surface area contributed by atoms with E-state index in [2.05, 4.69) is 5.32 Å². The second kappa shape index (κ2) is 6.98. The first-order valence-corrected chi connectivity index (χ1v) is 5.51. The predicted molar refractivity (Wildman–Crippen MR) is 68.4 cm³/mol. The van der Waals surface area contributed by atoms with Crippen molar-refractivity contribution < 1.29 is 14.6 Å². The third-order valence-corrected chi connectivity index (χ3v) is 2.41. The Morgan fingerprint density at radius 2 is 2.18 bits per heavy atom. The Bertz CT molecular complexity index is 345. The molecule has 5 heteroatoms. The number of methoxy groups -OCH3 is 2. The molecular weight excluding hydrogens is 220 g/mol. The lowest BCUT2D eigenvalue weighted by atomic mass is 10.2. The fraction of sp³-hybridized carbons (Fsp3) is 0.500. The van der Waals surface area contributed by atoms with Gasteiger partial charge in [0.25, 0.3) is 0 Å². The van der Waals surface area contributed by atoms with E-state index in [1.165, 1.54) is 0 Å². The molecule has 1 aromatic rings. The van der Waals surface area contributed by atoms with Crippen LogP contribution in [0.25, 0.3) is 0 Å². The van der Waals surface area contributed by atoms with E-state index in [0.717, 1.165) is 11.4 Å². The minimum absolute atomic E-state index is 0.343. The Kier molecular flexibility index (Phi) is 5.59. The largest absolute Gasteiger partial charge is 0.497 e. The smallest absolute Gasteiger partial charge is 0.121 e. The molecule has 0 amide bonds. The maximum Gasteiger partial charge on any atom is 0.121 e. The molecule has 1 atom stereocenters. The number of ether oxygens (including phenoxy) is 2. The van der Waals surface area contributed by atoms with Crippen LogP contribution < -0.4 is 15.8 Å². The molecule has 0 radical (unpaired) electrons. The number of nitrogens with two attached hydrogens (primary N) is 1. The van der Waals surface area contributed by atoms with Gasteiger partial charge in [0.2, 0.25) is 0 Å². The quantitative estimate of drug-likeness (QED) is 0.622. The molecule has 0 aliphatic heterocycles. The van der Waals surface area contributed by atoms with E-state index < -0.39 is 6.10 Å². The Balaban J connectivity index is 2.45. The number of aliphatic hydroxyl groups is 1. The molecule has 1 aromatic carbocycles. The third kappa shape index (κ3) is 4.50. The minimum atomic E-state index is -0.459. The summed E-state index contributed by atoms with van der Waals surface area (Å²) >= 11 is 0. The van der Waals surface area contributed by atoms with Gasteiger partial charge in [-0.15, -0.1) is 0 Å². The highest BCUT2D eigenvalue weighted by molar-refractivity contribution is 5.68. The zero-order valence-corrected chi connectivity index (χ0v) is 10.3. The van der Waals surface area contributed by atoms with E-state index >= 15 is 0 Å². The molecule has 5 nitrogen and oxygen atoms in total. The maximum absolute atomic E-state index is 9.48. The van der Waals surface area contributed by atoms with Crippen molar-refractivity contribution in [1.29, 1.82) is 0 Å². The van der Waals surface area contributed by atoms with Gasteiger partial charge in [0.15, 0.2) is 0 Å². The molecular formula is C12H20N2O3. The van der Waals surface area contributed by atoms with Gasteiger partial charge >= 0.3 is 0 Å². The molecule has 0 saturated heterocycles. The Labute approximate surface area is 102 Å². The van der Waals surface area contributed by atoms with Crippen LogP contribution in [0.5, 0.6) is 5.75 Å². The van der Waals surface area contributed by atoms with Gasteiger partial charge in [0.1, 0.15) is 5.75 Å². The molecule has 0 aromatic heterocycles. The van der Waals surface area contributed by atoms with Crippen molar-refractivity contribution in [2.45, 2.75) is 12.5 Å². The fourth-order valence-corrected chi connectivity index (χ4v) is 1.46. The molecule has 0 aliphatic carbocycles. The van der Waals surface area contributed by atoms with Gasteiger partial charge in [-0.25, -0.2) is 0 Å². The average Bonchev–Trinajstić information content (AvgIpc) is 2.32. The second-order valence-corrected chi connectivity index (χ2v) is 3.78. The summed E-state index contributed by atoms with van der Waals surface area (Å²) in [4.78, 5) is 0. The summed E-state index contributed by atoms with van der Waals surface area (Å²) in [5.41, 5.74) is 7.29. The zero-order chi connectivity index (χ0) is 12.7. The van der Waals surface area contributed by atoms with E-state index in [1.54, 1.807) is 26.4 Å². The van der Waals surface area contributed by atoms with Crippen LogP contribution in [0.3, 0.4) is 0 Å². The van der Waals surface area contributed by atoms with Crippen molar-refractivity contribution >= 4 is 11.4 Å². The van der Waals surface area contributed by atoms with Crippen LogP contribution in [0, 0.1) is 0 Å². The predicted octanol–water partition coefficient (Wildman–Crippen LogP) is 1.09. The summed E-state index contributed by atoms with van der Waals surface area (Å²) in [5.74, 6) is 0.749. The molecule has 0 saturated carbocycles. The molecule has 1 rings (SSSR count). The summed E-state index contributed by atoms with van der Waals surface area (Å²) < 4.78 is 9.96. The van der Waals surface area contributed by atoms with Crippen molar-refractivity contribution in [1.82, 2.24) is 0 Å². The molecule has 4 N–H and O–H groups in total. The van der Waals surface area contributed by atoms with Crippen LogP contribution in [-0.2, 0) is 4.74 Å². The molecule has 0 fully saturated rings. The molecule has 0 spiro atoms. The van der Waals surface area contributed by atoms with Gasteiger partial charge in [-0.1, -0.05) is 0 Å². The second-order valence-electron chi connectivity index (χ2n) is 3.78. The topological polar surface area (TPSA) is 76.7 Å². The summed E-state index contributed by atoms with van der Waals surface area (Å²) in [5, 5.41) is 12.6. The van der Waals surface area contributed by atoms with Crippen LogP contribution in [0.15, 0.2) is 18.2 Å². The summed E-state index contributed by atoms with van der Waals surface area (Å²) in [6.07, 6.45) is 0.143. The lowest BCUT2D eigenvalue weighted by molar-refractivity contribution is 0.0615. The first-order chi connectivity index (χ1) is 8.17. The maximum atomic E-state index is 9.48. The van der Waals surface area contributed by atoms with Crippen LogP contribution in [0.2, 0.25) is 0 Å². The van der Waals surface area contributed by atoms with Crippen molar-refractivity contribution in [2.75, 3.05) is 38.4 Å². The molecule has 96 valence electrons. The van der Waals surface area contributed by atoms with Crippen LogP contribution in [0.4, 0.5) is 11.4 Å². The van der Waals surface area contributed by atoms with E-state index in [0.29, 0.717) is 25.3 Å². The Morgan fingerprint density at radius 1 is 1.41 bits per heavy atom. The van der Waals surface area contributed by atoms with E-state index in [1.807, 2.05) is 6.07 Å². The van der Waals surface area contributed by atoms with Gasteiger partial charge in [0, 0.05) is 19.7 Å². The third-order valence-electron chi connectivity index (χ3n) is 2.41. The van der Waals surface area contributed by atoms with Gasteiger partial charge in [0.05, 0.1) is 31.2 Å². The number of anilines is 2. The zero-order valence-electron chi connectivity index (χ0n) is 10.3. The lowest BCUT2D eigenvalue weighted by Crippen LogP contribution is -2.18. The molecule has 0 aliphatic rings. The van der Waals surface area contributed by atoms with Gasteiger partial charge in [-0.2, -0.15) is 0 Å². The summed E-state index contributed by atoms with van der Waals surface area (Å²) in [7, 11) is 3.17. The monoisotopic (exact) mass is 240 g/mol. The minimum Gasteiger partial charge on any atom is -0.497 e. The summed E-state index contributed by atoms with van der Waals surface area (Å²) in [6, 6.07) is 5.42. The number of hydrogen-bond donors (Lipinski definition) is 3. The van der Waals surface area contributed by atoms with E-state index in [9.17, 15) is 5.11 Å². The number of nitrogens with one attached hydrogen (secondary N) is 1. The Hall–Kier alpha value is -1.46. The highest BCUT2D eigenvalue weighted by Gasteiger charge is 2.04. The van der Waals surface area contributed by atoms with Crippen molar-refractivity contribution in [2.24, 2.45) is 0 Å². The van der Waals surface area contributed by atoms with Gasteiger partial charge in [-0.3, -0.25) is 0 Å². The van der Waals surface area contributed by atoms with Crippen LogP contribution in [-0.4, -0.2) is 38.6 Å². The van der Waals surface area contributed by atoms with Crippen molar-refractivity contribution in [3.63, 3.8) is 0 Å². The van der Waals surface area contributed by atoms with Crippen LogP contribution >= 0.6 is 0 Å². The standard InChI is InChI=1S/C12H20N2O3/c1-16-8-9(15)5-6-14-12-7-10(17-2)3-4-11(12)13/h3-4,7,9,14-15H,5-6,8,13H2,1-2H3. The van der Waals surface area contributed by atoms with Crippen molar-refractivity contribution in [3.05, 3.63) is 18.2 Å². The van der Waals surface area contributed by atoms with Crippen molar-refractivity contribution in [3.8, 4) is 5.75 Å². The normalized spacial score (nSPS) is 12.2. The fourth-order valence-electron chi connectivity index (χ4n) is 1.46. The number of hydrogen-bond acceptors (Lipinski definition) is 5. The van der Waals surface area contributed by atoms with E-state index in [-0.39, 0.29) is 0 Å². The van der Waals surface area contributed by atoms with Gasteiger partial charge in [-0.05, 0) is 18.6 Å². The molecule has 0 bridgehead atoms. The first-order valence-electron chi connectivity index (χ1n) is 5.51. The number of nitrogen functional groups attached to an aromatic ring is 1. The average molecular weight is 240 g/mol. The van der Waals surface area contributed by atoms with Crippen LogP contribution in [0.1, 0.15) is 6.42 Å². The Morgan fingerprint density at radius 3 is 2.82 bits per heavy atom. The number of rotatable bonds is 7. The molecule has 0 heterocycles. The summed E-state index contributed by atoms with van der Waals surface area (Å²) in [6.45, 7) is 0.969. The highest BCUT2D eigenvalue weighted by Crippen LogP contribution is 2.24. The highest BCUT2D eigenvalue weighted by atomic mass is 16.5. The lowest BCUT2D eigenvalue weighted by Gasteiger charge is -2.13. The first kappa shape index (κ1) is 13.6. The number of aliphatic hydroxyl groups excluding tert-OH is 1. The molecule has 17 heavy (non-hydrogen) atoms. The SMILES string of the molecule is COCC(O)CCNc1cc(OC)ccc1N.